The van der Waals surface area contributed by atoms with E-state index in [2.05, 4.69) is 6.08 Å². The zero-order chi connectivity index (χ0) is 18.5. The molecule has 0 aromatic heterocycles. The molecule has 1 aliphatic heterocycles. The third kappa shape index (κ3) is 3.92. The molecule has 0 atom stereocenters. The average Bonchev–Trinajstić information content (AvgIpc) is 2.85. The first-order valence-electron chi connectivity index (χ1n) is 8.80. The van der Waals surface area contributed by atoms with Crippen molar-refractivity contribution >= 4 is 17.8 Å². The summed E-state index contributed by atoms with van der Waals surface area (Å²) in [7, 11) is 0. The summed E-state index contributed by atoms with van der Waals surface area (Å²) in [6.07, 6.45) is 7.03. The van der Waals surface area contributed by atoms with E-state index in [-0.39, 0.29) is 25.4 Å². The van der Waals surface area contributed by atoms with Crippen LogP contribution in [-0.4, -0.2) is 47.3 Å². The monoisotopic (exact) mass is 360 g/mol. The molecule has 4 amide bonds. The van der Waals surface area contributed by atoms with Gasteiger partial charge in [0.1, 0.15) is 6.61 Å². The van der Waals surface area contributed by atoms with Crippen LogP contribution < -0.4 is 4.74 Å². The molecule has 3 rings (SSSR count). The minimum Gasteiger partial charge on any atom is -0.489 e. The van der Waals surface area contributed by atoms with Crippen LogP contribution in [0, 0.1) is 5.82 Å². The van der Waals surface area contributed by atoms with Gasteiger partial charge in [0.15, 0.2) is 11.6 Å². The summed E-state index contributed by atoms with van der Waals surface area (Å²) in [5.41, 5.74) is 1.23. The molecule has 1 aliphatic carbocycles. The minimum absolute atomic E-state index is 0.0408. The van der Waals surface area contributed by atoms with Gasteiger partial charge in [-0.05, 0) is 44.2 Å². The molecule has 6 nitrogen and oxygen atoms in total. The molecule has 0 saturated carbocycles. The standard InChI is InChI=1S/C19H21FN2O4/c20-15-8-4-5-9-16(15)26-13-12-22-18(24)17(23)21(19(22)25)11-10-14-6-2-1-3-7-14/h4-6,8-9H,1-3,7,10-13H2. The van der Waals surface area contributed by atoms with Gasteiger partial charge < -0.3 is 4.74 Å². The molecule has 2 aliphatic rings. The van der Waals surface area contributed by atoms with Crippen molar-refractivity contribution in [2.24, 2.45) is 0 Å². The fourth-order valence-corrected chi connectivity index (χ4v) is 3.14. The van der Waals surface area contributed by atoms with Crippen LogP contribution in [0.1, 0.15) is 32.1 Å². The van der Waals surface area contributed by atoms with E-state index in [4.69, 9.17) is 4.74 Å². The number of halogens is 1. The molecule has 0 radical (unpaired) electrons. The Morgan fingerprint density at radius 3 is 2.42 bits per heavy atom. The number of allylic oxidation sites excluding steroid dienone is 1. The van der Waals surface area contributed by atoms with Crippen molar-refractivity contribution in [1.29, 1.82) is 0 Å². The van der Waals surface area contributed by atoms with Crippen molar-refractivity contribution in [3.05, 3.63) is 41.7 Å². The zero-order valence-corrected chi connectivity index (χ0v) is 14.4. The molecule has 0 spiro atoms. The van der Waals surface area contributed by atoms with Crippen molar-refractivity contribution in [2.45, 2.75) is 32.1 Å². The maximum atomic E-state index is 13.5. The van der Waals surface area contributed by atoms with E-state index in [0.717, 1.165) is 29.1 Å². The van der Waals surface area contributed by atoms with E-state index in [1.54, 1.807) is 6.07 Å². The second-order valence-corrected chi connectivity index (χ2v) is 6.33. The van der Waals surface area contributed by atoms with Crippen LogP contribution in [0.15, 0.2) is 35.9 Å². The first kappa shape index (κ1) is 18.1. The van der Waals surface area contributed by atoms with Gasteiger partial charge in [-0.15, -0.1) is 0 Å². The lowest BCUT2D eigenvalue weighted by Gasteiger charge is -2.18. The van der Waals surface area contributed by atoms with Crippen LogP contribution in [0.4, 0.5) is 9.18 Å². The quantitative estimate of drug-likeness (QED) is 0.426. The highest BCUT2D eigenvalue weighted by Crippen LogP contribution is 2.22. The molecular weight excluding hydrogens is 339 g/mol. The Balaban J connectivity index is 1.54. The number of imide groups is 2. The van der Waals surface area contributed by atoms with E-state index in [0.29, 0.717) is 6.42 Å². The summed E-state index contributed by atoms with van der Waals surface area (Å²) in [4.78, 5) is 38.4. The number of carbonyl (C=O) groups is 3. The van der Waals surface area contributed by atoms with Gasteiger partial charge in [0.25, 0.3) is 0 Å². The summed E-state index contributed by atoms with van der Waals surface area (Å²) in [5.74, 6) is -2.15. The second-order valence-electron chi connectivity index (χ2n) is 6.33. The van der Waals surface area contributed by atoms with Crippen LogP contribution in [0.5, 0.6) is 5.75 Å². The molecule has 1 aromatic rings. The number of amides is 4. The van der Waals surface area contributed by atoms with Crippen molar-refractivity contribution in [3.63, 3.8) is 0 Å². The number of benzene rings is 1. The molecule has 0 N–H and O–H groups in total. The highest BCUT2D eigenvalue weighted by atomic mass is 19.1. The highest BCUT2D eigenvalue weighted by molar-refractivity contribution is 6.44. The van der Waals surface area contributed by atoms with Gasteiger partial charge in [0.2, 0.25) is 0 Å². The van der Waals surface area contributed by atoms with E-state index in [1.165, 1.54) is 30.2 Å². The highest BCUT2D eigenvalue weighted by Gasteiger charge is 2.43. The Morgan fingerprint density at radius 2 is 1.73 bits per heavy atom. The third-order valence-electron chi connectivity index (χ3n) is 4.59. The molecule has 1 saturated heterocycles. The van der Waals surface area contributed by atoms with Crippen molar-refractivity contribution in [2.75, 3.05) is 19.7 Å². The number of para-hydroxylation sites is 1. The number of hydrogen-bond acceptors (Lipinski definition) is 4. The summed E-state index contributed by atoms with van der Waals surface area (Å²) in [6, 6.07) is 5.24. The lowest BCUT2D eigenvalue weighted by molar-refractivity contribution is -0.143. The minimum atomic E-state index is -0.857. The Bertz CT molecular complexity index is 747. The van der Waals surface area contributed by atoms with Crippen molar-refractivity contribution in [1.82, 2.24) is 9.80 Å². The van der Waals surface area contributed by atoms with E-state index in [1.807, 2.05) is 0 Å². The Labute approximate surface area is 151 Å². The number of urea groups is 1. The van der Waals surface area contributed by atoms with Crippen molar-refractivity contribution < 1.29 is 23.5 Å². The van der Waals surface area contributed by atoms with Crippen LogP contribution in [-0.2, 0) is 9.59 Å². The van der Waals surface area contributed by atoms with E-state index in [9.17, 15) is 18.8 Å². The van der Waals surface area contributed by atoms with Gasteiger partial charge in [-0.2, -0.15) is 0 Å². The number of rotatable bonds is 7. The lowest BCUT2D eigenvalue weighted by Crippen LogP contribution is -2.36. The predicted octanol–water partition coefficient (Wildman–Crippen LogP) is 2.89. The van der Waals surface area contributed by atoms with Crippen LogP contribution in [0.3, 0.4) is 0 Å². The topological polar surface area (TPSA) is 66.9 Å². The van der Waals surface area contributed by atoms with Gasteiger partial charge in [0, 0.05) is 6.54 Å². The Kier molecular flexibility index (Phi) is 5.65. The fourth-order valence-electron chi connectivity index (χ4n) is 3.14. The second kappa shape index (κ2) is 8.12. The summed E-state index contributed by atoms with van der Waals surface area (Å²) in [6.45, 7) is 0.0293. The average molecular weight is 360 g/mol. The van der Waals surface area contributed by atoms with Crippen LogP contribution in [0.2, 0.25) is 0 Å². The Morgan fingerprint density at radius 1 is 1.00 bits per heavy atom. The molecule has 0 bridgehead atoms. The van der Waals surface area contributed by atoms with E-state index < -0.39 is 23.7 Å². The molecule has 1 aromatic carbocycles. The predicted molar refractivity (Wildman–Crippen MR) is 91.9 cm³/mol. The SMILES string of the molecule is O=C1C(=O)N(CCC2=CCCCC2)C(=O)N1CCOc1ccccc1F. The van der Waals surface area contributed by atoms with Gasteiger partial charge in [-0.25, -0.2) is 9.18 Å². The number of ether oxygens (including phenoxy) is 1. The number of carbonyl (C=O) groups excluding carboxylic acids is 3. The first-order chi connectivity index (χ1) is 12.6. The summed E-state index contributed by atoms with van der Waals surface area (Å²) >= 11 is 0. The molecule has 7 heteroatoms. The smallest absolute Gasteiger partial charge is 0.334 e. The summed E-state index contributed by atoms with van der Waals surface area (Å²) in [5, 5.41) is 0. The number of hydrogen-bond donors (Lipinski definition) is 0. The van der Waals surface area contributed by atoms with Crippen LogP contribution in [0.25, 0.3) is 0 Å². The molecule has 0 unspecified atom stereocenters. The Hall–Kier alpha value is -2.70. The van der Waals surface area contributed by atoms with Crippen LogP contribution >= 0.6 is 0 Å². The zero-order valence-electron chi connectivity index (χ0n) is 14.4. The molecular formula is C19H21FN2O4. The molecule has 138 valence electrons. The fraction of sp³-hybridized carbons (Fsp3) is 0.421. The molecule has 26 heavy (non-hydrogen) atoms. The molecule has 1 fully saturated rings. The van der Waals surface area contributed by atoms with Gasteiger partial charge >= 0.3 is 17.8 Å². The number of nitrogens with zero attached hydrogens (tertiary/aromatic N) is 2. The summed E-state index contributed by atoms with van der Waals surface area (Å²) < 4.78 is 18.8. The van der Waals surface area contributed by atoms with Gasteiger partial charge in [-0.1, -0.05) is 23.8 Å². The largest absolute Gasteiger partial charge is 0.489 e. The van der Waals surface area contributed by atoms with Crippen molar-refractivity contribution in [3.8, 4) is 5.75 Å². The van der Waals surface area contributed by atoms with Gasteiger partial charge in [0.05, 0.1) is 6.54 Å². The maximum Gasteiger partial charge on any atom is 0.334 e. The maximum absolute atomic E-state index is 13.5. The molecule has 1 heterocycles. The normalized spacial score (nSPS) is 17.7. The van der Waals surface area contributed by atoms with E-state index >= 15 is 0 Å². The lowest BCUT2D eigenvalue weighted by atomic mass is 9.97. The first-order valence-corrected chi connectivity index (χ1v) is 8.80. The third-order valence-corrected chi connectivity index (χ3v) is 4.59. The van der Waals surface area contributed by atoms with Gasteiger partial charge in [-0.3, -0.25) is 19.4 Å².